The van der Waals surface area contributed by atoms with Gasteiger partial charge in [0.15, 0.2) is 0 Å². The van der Waals surface area contributed by atoms with Crippen LogP contribution in [0.25, 0.3) is 0 Å². The maximum Gasteiger partial charge on any atom is 0.410 e. The average Bonchev–Trinajstić information content (AvgIpc) is 2.52. The highest BCUT2D eigenvalue weighted by atomic mass is 16.6. The lowest BCUT2D eigenvalue weighted by Gasteiger charge is -2.37. The van der Waals surface area contributed by atoms with Crippen LogP contribution in [-0.2, 0) is 4.74 Å². The largest absolute Gasteiger partial charge is 0.444 e. The van der Waals surface area contributed by atoms with Crippen LogP contribution in [-0.4, -0.2) is 35.7 Å². The molecule has 4 heteroatoms. The Bertz CT molecular complexity index is 488. The monoisotopic (exact) mass is 318 g/mol. The summed E-state index contributed by atoms with van der Waals surface area (Å²) >= 11 is 0. The van der Waals surface area contributed by atoms with Gasteiger partial charge in [-0.3, -0.25) is 0 Å². The van der Waals surface area contributed by atoms with Crippen molar-refractivity contribution in [2.24, 2.45) is 5.92 Å². The van der Waals surface area contributed by atoms with Crippen molar-refractivity contribution in [3.63, 3.8) is 0 Å². The summed E-state index contributed by atoms with van der Waals surface area (Å²) in [6.07, 6.45) is 2.96. The number of para-hydroxylation sites is 1. The number of piperidine rings is 1. The van der Waals surface area contributed by atoms with Crippen LogP contribution in [0.3, 0.4) is 0 Å². The molecule has 0 unspecified atom stereocenters. The molecule has 1 aliphatic rings. The van der Waals surface area contributed by atoms with Gasteiger partial charge in [0.25, 0.3) is 0 Å². The molecule has 1 aromatic rings. The van der Waals surface area contributed by atoms with Crippen LogP contribution in [0.2, 0.25) is 0 Å². The number of hydrogen-bond donors (Lipinski definition) is 1. The number of nitrogens with one attached hydrogen (secondary N) is 1. The highest BCUT2D eigenvalue weighted by Crippen LogP contribution is 2.26. The highest BCUT2D eigenvalue weighted by Gasteiger charge is 2.30. The number of carbonyl (C=O) groups is 1. The fourth-order valence-electron chi connectivity index (χ4n) is 3.11. The molecule has 1 heterocycles. The van der Waals surface area contributed by atoms with Gasteiger partial charge in [-0.25, -0.2) is 4.79 Å². The molecular formula is C19H30N2O2. The van der Waals surface area contributed by atoms with E-state index < -0.39 is 5.60 Å². The smallest absolute Gasteiger partial charge is 0.410 e. The van der Waals surface area contributed by atoms with Crippen molar-refractivity contribution in [3.8, 4) is 0 Å². The second kappa shape index (κ2) is 7.71. The molecule has 1 N–H and O–H groups in total. The molecule has 1 aromatic carbocycles. The quantitative estimate of drug-likeness (QED) is 0.887. The first-order chi connectivity index (χ1) is 10.9. The lowest BCUT2D eigenvalue weighted by atomic mass is 9.88. The number of carbonyl (C=O) groups excluding carboxylic acids is 1. The zero-order valence-corrected chi connectivity index (χ0v) is 14.8. The summed E-state index contributed by atoms with van der Waals surface area (Å²) in [5, 5.41) is 3.65. The van der Waals surface area contributed by atoms with Gasteiger partial charge < -0.3 is 15.0 Å². The van der Waals surface area contributed by atoms with E-state index in [-0.39, 0.29) is 6.09 Å². The standard InChI is InChI=1S/C19H30N2O2/c1-5-17(20-16-9-7-6-8-10-16)15-11-13-21(14-12-15)18(22)23-19(2,3)4/h6-10,15,17,20H,5,11-14H2,1-4H3/t17-/m0/s1. The summed E-state index contributed by atoms with van der Waals surface area (Å²) < 4.78 is 5.47. The van der Waals surface area contributed by atoms with Crippen molar-refractivity contribution >= 4 is 11.8 Å². The molecule has 0 aromatic heterocycles. The van der Waals surface area contributed by atoms with E-state index in [1.807, 2.05) is 31.7 Å². The summed E-state index contributed by atoms with van der Waals surface area (Å²) in [5.74, 6) is 0.596. The van der Waals surface area contributed by atoms with Gasteiger partial charge in [-0.1, -0.05) is 25.1 Å². The maximum atomic E-state index is 12.1. The Morgan fingerprint density at radius 3 is 2.39 bits per heavy atom. The van der Waals surface area contributed by atoms with E-state index in [1.54, 1.807) is 0 Å². The second-order valence-electron chi connectivity index (χ2n) is 7.33. The van der Waals surface area contributed by atoms with Crippen LogP contribution in [0.5, 0.6) is 0 Å². The lowest BCUT2D eigenvalue weighted by Crippen LogP contribution is -2.44. The van der Waals surface area contributed by atoms with Crippen LogP contribution in [0.1, 0.15) is 47.0 Å². The number of nitrogens with zero attached hydrogens (tertiary/aromatic N) is 1. The van der Waals surface area contributed by atoms with Crippen molar-refractivity contribution < 1.29 is 9.53 Å². The molecule has 1 aliphatic heterocycles. The minimum absolute atomic E-state index is 0.181. The number of benzene rings is 1. The minimum Gasteiger partial charge on any atom is -0.444 e. The summed E-state index contributed by atoms with van der Waals surface area (Å²) in [7, 11) is 0. The van der Waals surface area contributed by atoms with E-state index in [4.69, 9.17) is 4.74 Å². The zero-order valence-electron chi connectivity index (χ0n) is 14.8. The third-order valence-corrected chi connectivity index (χ3v) is 4.33. The molecule has 1 atom stereocenters. The second-order valence-corrected chi connectivity index (χ2v) is 7.33. The van der Waals surface area contributed by atoms with Crippen molar-refractivity contribution in [1.82, 2.24) is 4.90 Å². The average molecular weight is 318 g/mol. The van der Waals surface area contributed by atoms with E-state index >= 15 is 0 Å². The Labute approximate surface area is 140 Å². The topological polar surface area (TPSA) is 41.6 Å². The van der Waals surface area contributed by atoms with Crippen molar-refractivity contribution in [2.75, 3.05) is 18.4 Å². The molecule has 1 saturated heterocycles. The first-order valence-corrected chi connectivity index (χ1v) is 8.68. The van der Waals surface area contributed by atoms with E-state index in [0.717, 1.165) is 32.4 Å². The van der Waals surface area contributed by atoms with Crippen LogP contribution >= 0.6 is 0 Å². The number of amides is 1. The molecule has 0 bridgehead atoms. The van der Waals surface area contributed by atoms with E-state index in [9.17, 15) is 4.79 Å². The first-order valence-electron chi connectivity index (χ1n) is 8.68. The van der Waals surface area contributed by atoms with E-state index in [0.29, 0.717) is 12.0 Å². The van der Waals surface area contributed by atoms with Gasteiger partial charge in [0, 0.05) is 24.8 Å². The SMILES string of the molecule is CC[C@H](Nc1ccccc1)C1CCN(C(=O)OC(C)(C)C)CC1. The van der Waals surface area contributed by atoms with Crippen molar-refractivity contribution in [3.05, 3.63) is 30.3 Å². The zero-order chi connectivity index (χ0) is 16.9. The lowest BCUT2D eigenvalue weighted by molar-refractivity contribution is 0.0177. The van der Waals surface area contributed by atoms with Gasteiger partial charge in [0.1, 0.15) is 5.60 Å². The Kier molecular flexibility index (Phi) is 5.91. The summed E-state index contributed by atoms with van der Waals surface area (Å²) in [5.41, 5.74) is 0.753. The third-order valence-electron chi connectivity index (χ3n) is 4.33. The highest BCUT2D eigenvalue weighted by molar-refractivity contribution is 5.68. The molecule has 4 nitrogen and oxygen atoms in total. The molecule has 0 saturated carbocycles. The number of likely N-dealkylation sites (tertiary alicyclic amines) is 1. The van der Waals surface area contributed by atoms with Gasteiger partial charge in [-0.15, -0.1) is 0 Å². The van der Waals surface area contributed by atoms with Crippen LogP contribution in [0.4, 0.5) is 10.5 Å². The minimum atomic E-state index is -0.422. The Hall–Kier alpha value is -1.71. The normalized spacial score (nSPS) is 17.7. The molecule has 1 amide bonds. The maximum absolute atomic E-state index is 12.1. The number of anilines is 1. The fraction of sp³-hybridized carbons (Fsp3) is 0.632. The van der Waals surface area contributed by atoms with Crippen LogP contribution < -0.4 is 5.32 Å². The van der Waals surface area contributed by atoms with Crippen LogP contribution in [0, 0.1) is 5.92 Å². The van der Waals surface area contributed by atoms with Gasteiger partial charge in [0.05, 0.1) is 0 Å². The predicted molar refractivity (Wildman–Crippen MR) is 94.7 cm³/mol. The van der Waals surface area contributed by atoms with Crippen molar-refractivity contribution in [1.29, 1.82) is 0 Å². The van der Waals surface area contributed by atoms with Gasteiger partial charge in [0.2, 0.25) is 0 Å². The Morgan fingerprint density at radius 2 is 1.87 bits per heavy atom. The molecular weight excluding hydrogens is 288 g/mol. The van der Waals surface area contributed by atoms with Gasteiger partial charge in [-0.05, 0) is 58.1 Å². The first kappa shape index (κ1) is 17.6. The molecule has 23 heavy (non-hydrogen) atoms. The summed E-state index contributed by atoms with van der Waals surface area (Å²) in [6.45, 7) is 9.53. The number of hydrogen-bond acceptors (Lipinski definition) is 3. The van der Waals surface area contributed by atoms with Gasteiger partial charge >= 0.3 is 6.09 Å². The molecule has 0 aliphatic carbocycles. The molecule has 2 rings (SSSR count). The fourth-order valence-corrected chi connectivity index (χ4v) is 3.11. The molecule has 128 valence electrons. The molecule has 0 radical (unpaired) electrons. The Balaban J connectivity index is 1.86. The van der Waals surface area contributed by atoms with Crippen molar-refractivity contribution in [2.45, 2.75) is 58.6 Å². The van der Waals surface area contributed by atoms with Gasteiger partial charge in [-0.2, -0.15) is 0 Å². The summed E-state index contributed by atoms with van der Waals surface area (Å²) in [6, 6.07) is 10.8. The number of rotatable bonds is 4. The molecule has 0 spiro atoms. The number of ether oxygens (including phenoxy) is 1. The Morgan fingerprint density at radius 1 is 1.26 bits per heavy atom. The van der Waals surface area contributed by atoms with Crippen LogP contribution in [0.15, 0.2) is 30.3 Å². The predicted octanol–water partition coefficient (Wildman–Crippen LogP) is 4.52. The van der Waals surface area contributed by atoms with E-state index in [2.05, 4.69) is 36.5 Å². The summed E-state index contributed by atoms with van der Waals surface area (Å²) in [4.78, 5) is 14.0. The van der Waals surface area contributed by atoms with E-state index in [1.165, 1.54) is 5.69 Å². The molecule has 1 fully saturated rings. The third kappa shape index (κ3) is 5.45.